The smallest absolute Gasteiger partial charge is 0.186 e. The minimum Gasteiger partial charge on any atom is -0.493 e. The molecule has 1 aromatic heterocycles. The van der Waals surface area contributed by atoms with E-state index in [-0.39, 0.29) is 23.2 Å². The number of piperidine rings is 1. The Morgan fingerprint density at radius 1 is 1.05 bits per heavy atom. The molecule has 1 N–H and O–H groups in total. The van der Waals surface area contributed by atoms with Crippen molar-refractivity contribution < 1.29 is 28.5 Å². The van der Waals surface area contributed by atoms with Gasteiger partial charge in [0, 0.05) is 41.9 Å². The summed E-state index contributed by atoms with van der Waals surface area (Å²) in [6.07, 6.45) is 7.42. The van der Waals surface area contributed by atoms with Gasteiger partial charge in [0.25, 0.3) is 0 Å². The fourth-order valence-corrected chi connectivity index (χ4v) is 4.85. The third kappa shape index (κ3) is 6.13. The Kier molecular flexibility index (Phi) is 8.37. The topological polar surface area (TPSA) is 112 Å². The van der Waals surface area contributed by atoms with Crippen molar-refractivity contribution >= 4 is 39.5 Å². The molecule has 208 valence electrons. The molecule has 2 aromatic carbocycles. The second-order valence-corrected chi connectivity index (χ2v) is 9.72. The predicted octanol–water partition coefficient (Wildman–Crippen LogP) is 3.97. The molecule has 2 heterocycles. The largest absolute Gasteiger partial charge is 0.493 e. The fraction of sp³-hybridized carbons (Fsp3) is 0.333. The average molecular weight is 545 g/mol. The van der Waals surface area contributed by atoms with E-state index in [9.17, 15) is 9.59 Å². The summed E-state index contributed by atoms with van der Waals surface area (Å²) in [5.74, 6) is 1.67. The second kappa shape index (κ2) is 12.3. The van der Waals surface area contributed by atoms with Crippen LogP contribution in [0.1, 0.15) is 18.4 Å². The highest BCUT2D eigenvalue weighted by atomic mass is 16.5. The predicted molar refractivity (Wildman–Crippen MR) is 151 cm³/mol. The number of rotatable bonds is 10. The van der Waals surface area contributed by atoms with E-state index in [1.165, 1.54) is 24.6 Å². The lowest BCUT2D eigenvalue weighted by molar-refractivity contribution is -0.113. The van der Waals surface area contributed by atoms with E-state index < -0.39 is 0 Å². The Morgan fingerprint density at radius 2 is 1.93 bits per heavy atom. The van der Waals surface area contributed by atoms with Crippen molar-refractivity contribution in [1.29, 1.82) is 0 Å². The van der Waals surface area contributed by atoms with Gasteiger partial charge in [-0.2, -0.15) is 0 Å². The van der Waals surface area contributed by atoms with E-state index in [1.807, 2.05) is 12.1 Å². The van der Waals surface area contributed by atoms with Crippen LogP contribution in [0.2, 0.25) is 0 Å². The van der Waals surface area contributed by atoms with Gasteiger partial charge in [0.15, 0.2) is 23.1 Å². The van der Waals surface area contributed by atoms with Crippen LogP contribution in [0.4, 0.5) is 11.5 Å². The first-order valence-corrected chi connectivity index (χ1v) is 13.1. The summed E-state index contributed by atoms with van der Waals surface area (Å²) < 4.78 is 22.7. The quantitative estimate of drug-likeness (QED) is 0.297. The minimum absolute atomic E-state index is 0.0431. The molecule has 0 radical (unpaired) electrons. The number of aromatic nitrogens is 2. The number of hydrogen-bond acceptors (Lipinski definition) is 10. The van der Waals surface area contributed by atoms with E-state index >= 15 is 0 Å². The van der Waals surface area contributed by atoms with Crippen molar-refractivity contribution in [2.24, 2.45) is 0 Å². The molecule has 0 amide bonds. The Balaban J connectivity index is 1.52. The molecule has 40 heavy (non-hydrogen) atoms. The molecule has 3 aromatic rings. The lowest BCUT2D eigenvalue weighted by Crippen LogP contribution is -2.38. The van der Waals surface area contributed by atoms with Gasteiger partial charge in [0.2, 0.25) is 0 Å². The number of likely N-dealkylation sites (tertiary alicyclic amines) is 1. The van der Waals surface area contributed by atoms with Crippen LogP contribution < -0.4 is 19.5 Å². The third-order valence-corrected chi connectivity index (χ3v) is 6.84. The zero-order valence-electron chi connectivity index (χ0n) is 22.8. The van der Waals surface area contributed by atoms with Gasteiger partial charge in [-0.3, -0.25) is 9.59 Å². The summed E-state index contributed by atoms with van der Waals surface area (Å²) in [6.45, 7) is 2.66. The van der Waals surface area contributed by atoms with Crippen LogP contribution in [0.15, 0.2) is 54.9 Å². The van der Waals surface area contributed by atoms with Crippen LogP contribution in [-0.2, 0) is 14.3 Å². The van der Waals surface area contributed by atoms with Crippen LogP contribution in [0.25, 0.3) is 16.5 Å². The SMILES string of the molecule is COCCOc1cc2ncnc(Nc3ccc(OC4CCCN(C)C4)cc3C3=CC(=O)C=CC3=O)c2cc1OC. The maximum atomic E-state index is 12.9. The van der Waals surface area contributed by atoms with Crippen molar-refractivity contribution in [3.8, 4) is 17.2 Å². The number of methoxy groups -OCH3 is 2. The van der Waals surface area contributed by atoms with Crippen LogP contribution in [0, 0.1) is 0 Å². The molecule has 1 atom stereocenters. The Labute approximate surface area is 232 Å². The molecule has 0 bridgehead atoms. The molecule has 1 aliphatic heterocycles. The van der Waals surface area contributed by atoms with Gasteiger partial charge < -0.3 is 29.2 Å². The first-order chi connectivity index (χ1) is 19.4. The summed E-state index contributed by atoms with van der Waals surface area (Å²) in [5, 5.41) is 4.04. The normalized spacial score (nSPS) is 17.6. The lowest BCUT2D eigenvalue weighted by atomic mass is 9.94. The van der Waals surface area contributed by atoms with Gasteiger partial charge in [-0.05, 0) is 68.9 Å². The van der Waals surface area contributed by atoms with Gasteiger partial charge >= 0.3 is 0 Å². The first-order valence-electron chi connectivity index (χ1n) is 13.1. The van der Waals surface area contributed by atoms with Crippen molar-refractivity contribution in [3.05, 3.63) is 60.5 Å². The Bertz CT molecular complexity index is 1480. The van der Waals surface area contributed by atoms with Crippen LogP contribution in [0.5, 0.6) is 17.2 Å². The van der Waals surface area contributed by atoms with E-state index in [0.29, 0.717) is 58.4 Å². The molecule has 0 saturated carbocycles. The zero-order chi connectivity index (χ0) is 28.1. The molecular formula is C30H32N4O6. The monoisotopic (exact) mass is 544 g/mol. The summed E-state index contributed by atoms with van der Waals surface area (Å²) in [6, 6.07) is 9.08. The van der Waals surface area contributed by atoms with Gasteiger partial charge in [-0.15, -0.1) is 0 Å². The average Bonchev–Trinajstić information content (AvgIpc) is 2.95. The van der Waals surface area contributed by atoms with Gasteiger partial charge in [-0.25, -0.2) is 9.97 Å². The number of fused-ring (bicyclic) bond motifs is 1. The zero-order valence-corrected chi connectivity index (χ0v) is 22.8. The van der Waals surface area contributed by atoms with Gasteiger partial charge in [0.05, 0.1) is 19.2 Å². The van der Waals surface area contributed by atoms with Crippen molar-refractivity contribution in [2.45, 2.75) is 18.9 Å². The number of allylic oxidation sites excluding steroid dienone is 4. The minimum atomic E-state index is -0.260. The van der Waals surface area contributed by atoms with Crippen molar-refractivity contribution in [3.63, 3.8) is 0 Å². The highest BCUT2D eigenvalue weighted by molar-refractivity contribution is 6.34. The number of hydrogen-bond donors (Lipinski definition) is 1. The van der Waals surface area contributed by atoms with E-state index in [4.69, 9.17) is 18.9 Å². The maximum Gasteiger partial charge on any atom is 0.186 e. The molecule has 10 nitrogen and oxygen atoms in total. The molecule has 10 heteroatoms. The summed E-state index contributed by atoms with van der Waals surface area (Å²) in [7, 11) is 5.25. The van der Waals surface area contributed by atoms with Crippen molar-refractivity contribution in [1.82, 2.24) is 14.9 Å². The number of nitrogens with one attached hydrogen (secondary N) is 1. The molecular weight excluding hydrogens is 512 g/mol. The number of likely N-dealkylation sites (N-methyl/N-ethyl adjacent to an activating group) is 1. The number of anilines is 2. The number of carbonyl (C=O) groups is 2. The number of benzene rings is 2. The molecule has 1 aliphatic carbocycles. The van der Waals surface area contributed by atoms with Crippen LogP contribution in [-0.4, -0.2) is 80.1 Å². The number of carbonyl (C=O) groups excluding carboxylic acids is 2. The number of nitrogens with zero attached hydrogens (tertiary/aromatic N) is 3. The molecule has 1 unspecified atom stereocenters. The molecule has 0 spiro atoms. The van der Waals surface area contributed by atoms with Crippen LogP contribution >= 0.6 is 0 Å². The van der Waals surface area contributed by atoms with E-state index in [2.05, 4.69) is 27.2 Å². The molecule has 2 aliphatic rings. The van der Waals surface area contributed by atoms with Crippen molar-refractivity contribution in [2.75, 3.05) is 52.9 Å². The number of ether oxygens (including phenoxy) is 4. The summed E-state index contributed by atoms with van der Waals surface area (Å²) >= 11 is 0. The third-order valence-electron chi connectivity index (χ3n) is 6.84. The Hall–Kier alpha value is -4.28. The molecule has 5 rings (SSSR count). The van der Waals surface area contributed by atoms with E-state index in [0.717, 1.165) is 25.9 Å². The molecule has 1 fully saturated rings. The maximum absolute atomic E-state index is 12.9. The second-order valence-electron chi connectivity index (χ2n) is 9.72. The summed E-state index contributed by atoms with van der Waals surface area (Å²) in [5.41, 5.74) is 2.06. The fourth-order valence-electron chi connectivity index (χ4n) is 4.85. The first kappa shape index (κ1) is 27.3. The highest BCUT2D eigenvalue weighted by Gasteiger charge is 2.23. The van der Waals surface area contributed by atoms with Crippen LogP contribution in [0.3, 0.4) is 0 Å². The molecule has 1 saturated heterocycles. The van der Waals surface area contributed by atoms with Gasteiger partial charge in [-0.1, -0.05) is 0 Å². The van der Waals surface area contributed by atoms with E-state index in [1.54, 1.807) is 32.4 Å². The standard InChI is InChI=1S/C30H32N4O6/c1-34-10-4-5-21(17-34)40-20-7-8-25(22(14-20)23-13-19(35)6-9-27(23)36)33-30-24-15-28(38-3)29(39-12-11-37-2)16-26(24)31-18-32-30/h6-9,13-16,18,21H,4-5,10-12,17H2,1-3H3,(H,31,32,33). The van der Waals surface area contributed by atoms with Gasteiger partial charge in [0.1, 0.15) is 30.6 Å². The summed E-state index contributed by atoms with van der Waals surface area (Å²) in [4.78, 5) is 36.2. The Morgan fingerprint density at radius 3 is 2.73 bits per heavy atom. The highest BCUT2D eigenvalue weighted by Crippen LogP contribution is 2.37. The number of ketones is 2. The lowest BCUT2D eigenvalue weighted by Gasteiger charge is -2.30.